The highest BCUT2D eigenvalue weighted by Crippen LogP contribution is 2.23. The molecular formula is C11H10BrClN2S. The van der Waals surface area contributed by atoms with E-state index in [4.69, 9.17) is 11.6 Å². The van der Waals surface area contributed by atoms with Crippen molar-refractivity contribution < 1.29 is 0 Å². The van der Waals surface area contributed by atoms with Gasteiger partial charge in [-0.3, -0.25) is 0 Å². The molecule has 84 valence electrons. The molecule has 0 saturated heterocycles. The molecule has 0 amide bonds. The van der Waals surface area contributed by atoms with Gasteiger partial charge in [0.25, 0.3) is 0 Å². The van der Waals surface area contributed by atoms with Crippen molar-refractivity contribution in [3.8, 4) is 0 Å². The van der Waals surface area contributed by atoms with Crippen LogP contribution in [0.25, 0.3) is 0 Å². The molecule has 0 aliphatic carbocycles. The van der Waals surface area contributed by atoms with E-state index in [0.29, 0.717) is 5.88 Å². The summed E-state index contributed by atoms with van der Waals surface area (Å²) in [4.78, 5) is 8.65. The van der Waals surface area contributed by atoms with Crippen molar-refractivity contribution in [2.75, 3.05) is 0 Å². The third-order valence-electron chi connectivity index (χ3n) is 2.01. The first kappa shape index (κ1) is 12.0. The van der Waals surface area contributed by atoms with Gasteiger partial charge in [-0.15, -0.1) is 23.4 Å². The lowest BCUT2D eigenvalue weighted by molar-refractivity contribution is 1.10. The Labute approximate surface area is 112 Å². The zero-order chi connectivity index (χ0) is 11.4. The monoisotopic (exact) mass is 316 g/mol. The number of aromatic nitrogens is 2. The van der Waals surface area contributed by atoms with Crippen molar-refractivity contribution in [1.82, 2.24) is 9.97 Å². The van der Waals surface area contributed by atoms with Crippen LogP contribution in [0.2, 0.25) is 0 Å². The summed E-state index contributed by atoms with van der Waals surface area (Å²) in [5.41, 5.74) is 0.966. The molecule has 1 aromatic heterocycles. The SMILES string of the molecule is ClCc1cnc(CSc2ccc(Br)cc2)[nH]1. The number of thioether (sulfide) groups is 1. The number of imidazole rings is 1. The first-order valence-corrected chi connectivity index (χ1v) is 7.06. The van der Waals surface area contributed by atoms with Gasteiger partial charge in [-0.25, -0.2) is 4.98 Å². The van der Waals surface area contributed by atoms with E-state index in [1.807, 2.05) is 12.1 Å². The van der Waals surface area contributed by atoms with Crippen LogP contribution in [0.5, 0.6) is 0 Å². The van der Waals surface area contributed by atoms with E-state index in [1.165, 1.54) is 4.90 Å². The number of nitrogens with zero attached hydrogens (tertiary/aromatic N) is 1. The van der Waals surface area contributed by atoms with Crippen LogP contribution in [-0.2, 0) is 11.6 Å². The summed E-state index contributed by atoms with van der Waals surface area (Å²) in [5.74, 6) is 2.28. The van der Waals surface area contributed by atoms with Gasteiger partial charge >= 0.3 is 0 Å². The highest BCUT2D eigenvalue weighted by Gasteiger charge is 2.01. The van der Waals surface area contributed by atoms with E-state index in [2.05, 4.69) is 38.0 Å². The Kier molecular flexibility index (Phi) is 4.32. The largest absolute Gasteiger partial charge is 0.344 e. The summed E-state index contributed by atoms with van der Waals surface area (Å²) in [6, 6.07) is 8.24. The molecule has 16 heavy (non-hydrogen) atoms. The van der Waals surface area contributed by atoms with E-state index >= 15 is 0 Å². The van der Waals surface area contributed by atoms with E-state index in [9.17, 15) is 0 Å². The summed E-state index contributed by atoms with van der Waals surface area (Å²) in [6.45, 7) is 0. The summed E-state index contributed by atoms with van der Waals surface area (Å²) in [5, 5.41) is 0. The van der Waals surface area contributed by atoms with E-state index in [-0.39, 0.29) is 0 Å². The molecule has 0 saturated carbocycles. The lowest BCUT2D eigenvalue weighted by atomic mass is 10.4. The van der Waals surface area contributed by atoms with Crippen LogP contribution < -0.4 is 0 Å². The molecule has 0 spiro atoms. The fraction of sp³-hybridized carbons (Fsp3) is 0.182. The Morgan fingerprint density at radius 3 is 2.69 bits per heavy atom. The minimum atomic E-state index is 0.482. The standard InChI is InChI=1S/C11H10BrClN2S/c12-8-1-3-10(4-2-8)16-7-11-14-6-9(5-13)15-11/h1-4,6H,5,7H2,(H,14,15). The predicted octanol–water partition coefficient (Wildman–Crippen LogP) is 4.20. The van der Waals surface area contributed by atoms with Crippen molar-refractivity contribution in [2.24, 2.45) is 0 Å². The number of halogens is 2. The lowest BCUT2D eigenvalue weighted by Gasteiger charge is -1.99. The topological polar surface area (TPSA) is 28.7 Å². The third-order valence-corrected chi connectivity index (χ3v) is 3.85. The maximum absolute atomic E-state index is 5.69. The summed E-state index contributed by atoms with van der Waals surface area (Å²) < 4.78 is 1.10. The minimum absolute atomic E-state index is 0.482. The second kappa shape index (κ2) is 5.75. The number of alkyl halides is 1. The van der Waals surface area contributed by atoms with Crippen molar-refractivity contribution in [2.45, 2.75) is 16.5 Å². The summed E-state index contributed by atoms with van der Waals surface area (Å²) >= 11 is 10.9. The van der Waals surface area contributed by atoms with Crippen LogP contribution in [0.1, 0.15) is 11.5 Å². The van der Waals surface area contributed by atoms with Gasteiger partial charge in [0.1, 0.15) is 5.82 Å². The van der Waals surface area contributed by atoms with Gasteiger partial charge in [-0.05, 0) is 24.3 Å². The fourth-order valence-corrected chi connectivity index (χ4v) is 2.41. The first-order valence-electron chi connectivity index (χ1n) is 4.75. The first-order chi connectivity index (χ1) is 7.78. The smallest absolute Gasteiger partial charge is 0.116 e. The van der Waals surface area contributed by atoms with Crippen LogP contribution >= 0.6 is 39.3 Å². The van der Waals surface area contributed by atoms with Gasteiger partial charge in [0, 0.05) is 21.3 Å². The molecule has 1 aromatic carbocycles. The molecule has 1 heterocycles. The molecule has 0 unspecified atom stereocenters. The fourth-order valence-electron chi connectivity index (χ4n) is 1.23. The summed E-state index contributed by atoms with van der Waals surface area (Å²) in [6.07, 6.45) is 1.78. The van der Waals surface area contributed by atoms with Crippen LogP contribution in [0.15, 0.2) is 39.8 Å². The molecule has 2 nitrogen and oxygen atoms in total. The highest BCUT2D eigenvalue weighted by molar-refractivity contribution is 9.10. The maximum Gasteiger partial charge on any atom is 0.116 e. The predicted molar refractivity (Wildman–Crippen MR) is 71.8 cm³/mol. The molecule has 0 fully saturated rings. The number of H-pyrrole nitrogens is 1. The second-order valence-electron chi connectivity index (χ2n) is 3.23. The molecule has 5 heteroatoms. The van der Waals surface area contributed by atoms with Gasteiger partial charge in [0.05, 0.1) is 11.6 Å². The quantitative estimate of drug-likeness (QED) is 0.676. The molecule has 2 aromatic rings. The second-order valence-corrected chi connectivity index (χ2v) is 5.46. The third kappa shape index (κ3) is 3.27. The Balaban J connectivity index is 1.94. The average Bonchev–Trinajstić information content (AvgIpc) is 2.76. The van der Waals surface area contributed by atoms with Crippen molar-refractivity contribution >= 4 is 39.3 Å². The molecular weight excluding hydrogens is 308 g/mol. The van der Waals surface area contributed by atoms with Crippen LogP contribution in [-0.4, -0.2) is 9.97 Å². The molecule has 0 radical (unpaired) electrons. The van der Waals surface area contributed by atoms with Crippen molar-refractivity contribution in [1.29, 1.82) is 0 Å². The highest BCUT2D eigenvalue weighted by atomic mass is 79.9. The summed E-state index contributed by atoms with van der Waals surface area (Å²) in [7, 11) is 0. The van der Waals surface area contributed by atoms with Crippen molar-refractivity contribution in [3.05, 3.63) is 46.5 Å². The van der Waals surface area contributed by atoms with Gasteiger partial charge in [0.15, 0.2) is 0 Å². The number of hydrogen-bond donors (Lipinski definition) is 1. The van der Waals surface area contributed by atoms with Gasteiger partial charge < -0.3 is 4.98 Å². The number of nitrogens with one attached hydrogen (secondary N) is 1. The number of hydrogen-bond acceptors (Lipinski definition) is 2. The Morgan fingerprint density at radius 2 is 2.06 bits per heavy atom. The van der Waals surface area contributed by atoms with Gasteiger partial charge in [-0.2, -0.15) is 0 Å². The van der Waals surface area contributed by atoms with Crippen LogP contribution in [0, 0.1) is 0 Å². The molecule has 0 atom stereocenters. The Bertz CT molecular complexity index is 455. The molecule has 2 rings (SSSR count). The van der Waals surface area contributed by atoms with Gasteiger partial charge in [0.2, 0.25) is 0 Å². The van der Waals surface area contributed by atoms with E-state index in [1.54, 1.807) is 18.0 Å². The Hall–Kier alpha value is -0.450. The Morgan fingerprint density at radius 1 is 1.31 bits per heavy atom. The van der Waals surface area contributed by atoms with E-state index < -0.39 is 0 Å². The normalized spacial score (nSPS) is 10.6. The zero-order valence-corrected chi connectivity index (χ0v) is 11.6. The number of aromatic amines is 1. The molecule has 0 aliphatic rings. The molecule has 0 bridgehead atoms. The van der Waals surface area contributed by atoms with Gasteiger partial charge in [-0.1, -0.05) is 15.9 Å². The van der Waals surface area contributed by atoms with Crippen LogP contribution in [0.3, 0.4) is 0 Å². The average molecular weight is 318 g/mol. The minimum Gasteiger partial charge on any atom is -0.344 e. The molecule has 1 N–H and O–H groups in total. The van der Waals surface area contributed by atoms with Crippen LogP contribution in [0.4, 0.5) is 0 Å². The lowest BCUT2D eigenvalue weighted by Crippen LogP contribution is -1.84. The van der Waals surface area contributed by atoms with Crippen molar-refractivity contribution in [3.63, 3.8) is 0 Å². The number of benzene rings is 1. The van der Waals surface area contributed by atoms with E-state index in [0.717, 1.165) is 21.7 Å². The zero-order valence-electron chi connectivity index (χ0n) is 8.41. The number of rotatable bonds is 4. The maximum atomic E-state index is 5.69. The molecule has 0 aliphatic heterocycles.